The lowest BCUT2D eigenvalue weighted by atomic mass is 10.1. The zero-order valence-electron chi connectivity index (χ0n) is 11.2. The van der Waals surface area contributed by atoms with Crippen molar-refractivity contribution < 1.29 is 17.9 Å². The Morgan fingerprint density at radius 2 is 1.80 bits per heavy atom. The third-order valence-corrected chi connectivity index (χ3v) is 3.34. The van der Waals surface area contributed by atoms with Crippen LogP contribution in [0.1, 0.15) is 11.6 Å². The van der Waals surface area contributed by atoms with Crippen molar-refractivity contribution in [3.05, 3.63) is 35.9 Å². The van der Waals surface area contributed by atoms with Crippen molar-refractivity contribution in [1.82, 2.24) is 10.2 Å². The smallest absolute Gasteiger partial charge is 0.379 e. The van der Waals surface area contributed by atoms with Crippen molar-refractivity contribution in [3.63, 3.8) is 0 Å². The van der Waals surface area contributed by atoms with Gasteiger partial charge >= 0.3 is 6.18 Å². The van der Waals surface area contributed by atoms with Crippen LogP contribution in [-0.4, -0.2) is 50.5 Å². The number of rotatable bonds is 5. The summed E-state index contributed by atoms with van der Waals surface area (Å²) in [6.07, 6.45) is -4.29. The average Bonchev–Trinajstić information content (AvgIpc) is 2.44. The molecule has 1 saturated heterocycles. The summed E-state index contributed by atoms with van der Waals surface area (Å²) in [5, 5.41) is 2.62. The van der Waals surface area contributed by atoms with Crippen molar-refractivity contribution in [2.24, 2.45) is 0 Å². The standard InChI is InChI=1S/C14H19F3N2O/c15-14(16,17)13(12-4-2-1-3-5-12)18-6-7-19-8-10-20-11-9-19/h1-5,13,18H,6-11H2. The van der Waals surface area contributed by atoms with Crippen molar-refractivity contribution in [1.29, 1.82) is 0 Å². The van der Waals surface area contributed by atoms with Gasteiger partial charge in [0.1, 0.15) is 6.04 Å². The van der Waals surface area contributed by atoms with Crippen LogP contribution >= 0.6 is 0 Å². The Labute approximate surface area is 116 Å². The Bertz CT molecular complexity index is 391. The highest BCUT2D eigenvalue weighted by molar-refractivity contribution is 5.20. The van der Waals surface area contributed by atoms with Crippen molar-refractivity contribution in [3.8, 4) is 0 Å². The molecule has 1 N–H and O–H groups in total. The molecule has 1 atom stereocenters. The molecule has 1 aliphatic heterocycles. The summed E-state index contributed by atoms with van der Waals surface area (Å²) in [5.41, 5.74) is 0.252. The Morgan fingerprint density at radius 1 is 1.15 bits per heavy atom. The number of morpholine rings is 1. The first-order valence-electron chi connectivity index (χ1n) is 6.72. The molecule has 1 fully saturated rings. The van der Waals surface area contributed by atoms with Gasteiger partial charge in [0.15, 0.2) is 0 Å². The molecule has 1 aliphatic rings. The molecule has 0 spiro atoms. The topological polar surface area (TPSA) is 24.5 Å². The predicted octanol–water partition coefficient (Wildman–Crippen LogP) is 2.21. The number of hydrogen-bond donors (Lipinski definition) is 1. The molecule has 0 amide bonds. The number of benzene rings is 1. The number of ether oxygens (including phenoxy) is 1. The molecule has 6 heteroatoms. The highest BCUT2D eigenvalue weighted by atomic mass is 19.4. The molecule has 1 heterocycles. The Kier molecular flexibility index (Phi) is 5.39. The summed E-state index contributed by atoms with van der Waals surface area (Å²) in [4.78, 5) is 2.11. The van der Waals surface area contributed by atoms with Crippen molar-refractivity contribution >= 4 is 0 Å². The van der Waals surface area contributed by atoms with E-state index in [0.717, 1.165) is 13.1 Å². The van der Waals surface area contributed by atoms with E-state index in [4.69, 9.17) is 4.74 Å². The lowest BCUT2D eigenvalue weighted by Crippen LogP contribution is -2.43. The van der Waals surface area contributed by atoms with Gasteiger partial charge < -0.3 is 10.1 Å². The fourth-order valence-corrected chi connectivity index (χ4v) is 2.26. The van der Waals surface area contributed by atoms with Crippen LogP contribution in [0.15, 0.2) is 30.3 Å². The fourth-order valence-electron chi connectivity index (χ4n) is 2.26. The molecule has 1 aromatic carbocycles. The van der Waals surface area contributed by atoms with E-state index >= 15 is 0 Å². The molecule has 0 aliphatic carbocycles. The first-order chi connectivity index (χ1) is 9.57. The van der Waals surface area contributed by atoms with E-state index in [9.17, 15) is 13.2 Å². The third-order valence-electron chi connectivity index (χ3n) is 3.34. The second-order valence-electron chi connectivity index (χ2n) is 4.79. The SMILES string of the molecule is FC(F)(F)C(NCCN1CCOCC1)c1ccccc1. The summed E-state index contributed by atoms with van der Waals surface area (Å²) in [6.45, 7) is 3.78. The molecule has 0 saturated carbocycles. The first kappa shape index (κ1) is 15.3. The van der Waals surface area contributed by atoms with Gasteiger partial charge in [-0.2, -0.15) is 13.2 Å². The van der Waals surface area contributed by atoms with Crippen LogP contribution in [0.3, 0.4) is 0 Å². The summed E-state index contributed by atoms with van der Waals surface area (Å²) in [5.74, 6) is 0. The van der Waals surface area contributed by atoms with E-state index in [-0.39, 0.29) is 5.56 Å². The molecule has 0 bridgehead atoms. The Balaban J connectivity index is 1.88. The second kappa shape index (κ2) is 7.06. The van der Waals surface area contributed by atoms with Gasteiger partial charge in [0.05, 0.1) is 13.2 Å². The molecule has 112 valence electrons. The van der Waals surface area contributed by atoms with Crippen LogP contribution in [0.5, 0.6) is 0 Å². The average molecular weight is 288 g/mol. The maximum atomic E-state index is 13.1. The number of nitrogens with one attached hydrogen (secondary N) is 1. The highest BCUT2D eigenvalue weighted by Gasteiger charge is 2.40. The third kappa shape index (κ3) is 4.47. The van der Waals surface area contributed by atoms with Gasteiger partial charge in [-0.3, -0.25) is 4.90 Å². The monoisotopic (exact) mass is 288 g/mol. The normalized spacial score (nSPS) is 18.9. The molecule has 3 nitrogen and oxygen atoms in total. The van der Waals surface area contributed by atoms with Crippen LogP contribution < -0.4 is 5.32 Å². The van der Waals surface area contributed by atoms with E-state index in [0.29, 0.717) is 26.3 Å². The van der Waals surface area contributed by atoms with Gasteiger partial charge in [-0.05, 0) is 5.56 Å². The van der Waals surface area contributed by atoms with Crippen LogP contribution in [0, 0.1) is 0 Å². The summed E-state index contributed by atoms with van der Waals surface area (Å²) in [6, 6.07) is 6.35. The number of nitrogens with zero attached hydrogens (tertiary/aromatic N) is 1. The largest absolute Gasteiger partial charge is 0.407 e. The van der Waals surface area contributed by atoms with Gasteiger partial charge in [0, 0.05) is 26.2 Å². The van der Waals surface area contributed by atoms with Crippen LogP contribution in [0.2, 0.25) is 0 Å². The molecule has 0 radical (unpaired) electrons. The number of halogens is 3. The highest BCUT2D eigenvalue weighted by Crippen LogP contribution is 2.32. The summed E-state index contributed by atoms with van der Waals surface area (Å²) in [7, 11) is 0. The quantitative estimate of drug-likeness (QED) is 0.899. The molecule has 2 rings (SSSR count). The van der Waals surface area contributed by atoms with Gasteiger partial charge in [0.2, 0.25) is 0 Å². The molecular formula is C14H19F3N2O. The molecular weight excluding hydrogens is 269 g/mol. The molecule has 1 aromatic rings. The van der Waals surface area contributed by atoms with Gasteiger partial charge in [-0.25, -0.2) is 0 Å². The van der Waals surface area contributed by atoms with Crippen LogP contribution in [0.25, 0.3) is 0 Å². The maximum Gasteiger partial charge on any atom is 0.407 e. The van der Waals surface area contributed by atoms with Crippen LogP contribution in [-0.2, 0) is 4.74 Å². The van der Waals surface area contributed by atoms with E-state index in [2.05, 4.69) is 10.2 Å². The van der Waals surface area contributed by atoms with Crippen molar-refractivity contribution in [2.45, 2.75) is 12.2 Å². The molecule has 1 unspecified atom stereocenters. The zero-order valence-corrected chi connectivity index (χ0v) is 11.2. The fraction of sp³-hybridized carbons (Fsp3) is 0.571. The zero-order chi connectivity index (χ0) is 14.4. The molecule has 0 aromatic heterocycles. The number of hydrogen-bond acceptors (Lipinski definition) is 3. The maximum absolute atomic E-state index is 13.1. The molecule has 20 heavy (non-hydrogen) atoms. The van der Waals surface area contributed by atoms with Gasteiger partial charge in [-0.1, -0.05) is 30.3 Å². The minimum Gasteiger partial charge on any atom is -0.379 e. The second-order valence-corrected chi connectivity index (χ2v) is 4.79. The summed E-state index contributed by atoms with van der Waals surface area (Å²) < 4.78 is 44.4. The van der Waals surface area contributed by atoms with Crippen LogP contribution in [0.4, 0.5) is 13.2 Å². The first-order valence-corrected chi connectivity index (χ1v) is 6.72. The minimum atomic E-state index is -4.29. The minimum absolute atomic E-state index is 0.252. The van der Waals surface area contributed by atoms with Crippen molar-refractivity contribution in [2.75, 3.05) is 39.4 Å². The van der Waals surface area contributed by atoms with E-state index < -0.39 is 12.2 Å². The van der Waals surface area contributed by atoms with Gasteiger partial charge in [-0.15, -0.1) is 0 Å². The lowest BCUT2D eigenvalue weighted by Gasteiger charge is -2.28. The summed E-state index contributed by atoms with van der Waals surface area (Å²) >= 11 is 0. The Hall–Kier alpha value is -1.11. The van der Waals surface area contributed by atoms with Gasteiger partial charge in [0.25, 0.3) is 0 Å². The van der Waals surface area contributed by atoms with E-state index in [1.54, 1.807) is 18.2 Å². The predicted molar refractivity (Wildman–Crippen MR) is 70.5 cm³/mol. The lowest BCUT2D eigenvalue weighted by molar-refractivity contribution is -0.157. The van der Waals surface area contributed by atoms with E-state index in [1.165, 1.54) is 12.1 Å². The number of alkyl halides is 3. The Morgan fingerprint density at radius 3 is 2.40 bits per heavy atom. The van der Waals surface area contributed by atoms with E-state index in [1.807, 2.05) is 0 Å².